The molecule has 0 saturated heterocycles. The second-order valence-corrected chi connectivity index (χ2v) is 3.17. The van der Waals surface area contributed by atoms with Gasteiger partial charge < -0.3 is 5.32 Å². The summed E-state index contributed by atoms with van der Waals surface area (Å²) in [5.74, 6) is -0.845. The van der Waals surface area contributed by atoms with Crippen molar-refractivity contribution in [2.24, 2.45) is 0 Å². The minimum absolute atomic E-state index is 0.356. The maximum absolute atomic E-state index is 10.9. The van der Waals surface area contributed by atoms with E-state index >= 15 is 0 Å². The van der Waals surface area contributed by atoms with E-state index in [0.29, 0.717) is 10.4 Å². The number of carbonyl (C=O) groups excluding carboxylic acids is 2. The van der Waals surface area contributed by atoms with E-state index in [4.69, 9.17) is 0 Å². The molecule has 0 fully saturated rings. The van der Waals surface area contributed by atoms with Crippen LogP contribution in [0.5, 0.6) is 0 Å². The molecule has 0 radical (unpaired) electrons. The van der Waals surface area contributed by atoms with Gasteiger partial charge >= 0.3 is 0 Å². The highest BCUT2D eigenvalue weighted by Crippen LogP contribution is 2.09. The summed E-state index contributed by atoms with van der Waals surface area (Å²) in [6, 6.07) is 5.04. The van der Waals surface area contributed by atoms with Crippen molar-refractivity contribution in [2.45, 2.75) is 6.92 Å². The first kappa shape index (κ1) is 9.85. The third-order valence-corrected chi connectivity index (χ3v) is 1.72. The van der Waals surface area contributed by atoms with Crippen LogP contribution in [0.4, 0.5) is 5.82 Å². The smallest absolute Gasteiger partial charge is 0.292 e. The zero-order chi connectivity index (χ0) is 9.84. The molecule has 0 atom stereocenters. The second kappa shape index (κ2) is 4.13. The summed E-state index contributed by atoms with van der Waals surface area (Å²) in [5.41, 5.74) is 0. The zero-order valence-electron chi connectivity index (χ0n) is 6.87. The molecule has 4 nitrogen and oxygen atoms in total. The molecule has 1 N–H and O–H groups in total. The topological polar surface area (TPSA) is 59.1 Å². The molecular formula is C8H7BrN2O2. The molecule has 0 spiro atoms. The quantitative estimate of drug-likeness (QED) is 0.630. The Morgan fingerprint density at radius 3 is 2.69 bits per heavy atom. The molecule has 0 aliphatic carbocycles. The number of Topliss-reactive ketones (excluding diaryl/α,β-unsaturated/α-hetero) is 1. The van der Waals surface area contributed by atoms with Gasteiger partial charge in [-0.25, -0.2) is 4.98 Å². The van der Waals surface area contributed by atoms with E-state index < -0.39 is 11.7 Å². The van der Waals surface area contributed by atoms with Gasteiger partial charge in [-0.1, -0.05) is 6.07 Å². The van der Waals surface area contributed by atoms with Crippen LogP contribution in [0.15, 0.2) is 22.8 Å². The highest BCUT2D eigenvalue weighted by atomic mass is 79.9. The van der Waals surface area contributed by atoms with E-state index in [1.165, 1.54) is 6.92 Å². The number of nitrogens with one attached hydrogen (secondary N) is 1. The zero-order valence-corrected chi connectivity index (χ0v) is 8.46. The SMILES string of the molecule is CC(=O)C(=O)Nc1cccc(Br)n1. The van der Waals surface area contributed by atoms with Crippen LogP contribution < -0.4 is 5.32 Å². The molecule has 5 heteroatoms. The van der Waals surface area contributed by atoms with Crippen molar-refractivity contribution in [2.75, 3.05) is 5.32 Å². The molecule has 1 aromatic heterocycles. The Labute approximate surface area is 83.5 Å². The van der Waals surface area contributed by atoms with Crippen LogP contribution in [0.3, 0.4) is 0 Å². The first-order valence-electron chi connectivity index (χ1n) is 3.54. The molecule has 0 aromatic carbocycles. The number of halogens is 1. The third-order valence-electron chi connectivity index (χ3n) is 1.28. The van der Waals surface area contributed by atoms with Gasteiger partial charge in [0.25, 0.3) is 5.91 Å². The summed E-state index contributed by atoms with van der Waals surface area (Å²) >= 11 is 3.14. The molecule has 0 unspecified atom stereocenters. The number of anilines is 1. The molecule has 68 valence electrons. The molecule has 13 heavy (non-hydrogen) atoms. The van der Waals surface area contributed by atoms with Crippen LogP contribution >= 0.6 is 15.9 Å². The van der Waals surface area contributed by atoms with Crippen LogP contribution in [0, 0.1) is 0 Å². The van der Waals surface area contributed by atoms with E-state index in [2.05, 4.69) is 26.2 Å². The summed E-state index contributed by atoms with van der Waals surface area (Å²) in [7, 11) is 0. The van der Waals surface area contributed by atoms with Crippen LogP contribution in [0.1, 0.15) is 6.92 Å². The predicted octanol–water partition coefficient (Wildman–Crippen LogP) is 1.37. The van der Waals surface area contributed by atoms with Gasteiger partial charge in [-0.3, -0.25) is 9.59 Å². The normalized spacial score (nSPS) is 9.38. The lowest BCUT2D eigenvalue weighted by Crippen LogP contribution is -2.20. The third kappa shape index (κ3) is 2.95. The van der Waals surface area contributed by atoms with Gasteiger partial charge in [0, 0.05) is 6.92 Å². The number of ketones is 1. The van der Waals surface area contributed by atoms with Crippen molar-refractivity contribution < 1.29 is 9.59 Å². The first-order valence-corrected chi connectivity index (χ1v) is 4.33. The Kier molecular flexibility index (Phi) is 3.13. The van der Waals surface area contributed by atoms with E-state index in [0.717, 1.165) is 0 Å². The number of hydrogen-bond donors (Lipinski definition) is 1. The van der Waals surface area contributed by atoms with Crippen molar-refractivity contribution in [1.82, 2.24) is 4.98 Å². The molecule has 0 aliphatic heterocycles. The number of pyridine rings is 1. The Balaban J connectivity index is 2.75. The lowest BCUT2D eigenvalue weighted by Gasteiger charge is -2.00. The maximum Gasteiger partial charge on any atom is 0.292 e. The van der Waals surface area contributed by atoms with Crippen LogP contribution in [-0.4, -0.2) is 16.7 Å². The largest absolute Gasteiger partial charge is 0.304 e. The van der Waals surface area contributed by atoms with Crippen molar-refractivity contribution in [3.63, 3.8) is 0 Å². The van der Waals surface area contributed by atoms with Gasteiger partial charge in [-0.2, -0.15) is 0 Å². The average Bonchev–Trinajstić information content (AvgIpc) is 2.04. The average molecular weight is 243 g/mol. The van der Waals surface area contributed by atoms with Crippen molar-refractivity contribution >= 4 is 33.4 Å². The number of amides is 1. The number of rotatable bonds is 2. The first-order chi connectivity index (χ1) is 6.09. The Bertz CT molecular complexity index is 352. The van der Waals surface area contributed by atoms with Gasteiger partial charge in [0.15, 0.2) is 0 Å². The van der Waals surface area contributed by atoms with Crippen LogP contribution in [0.25, 0.3) is 0 Å². The molecule has 1 aromatic rings. The predicted molar refractivity (Wildman–Crippen MR) is 51.2 cm³/mol. The molecule has 0 saturated carbocycles. The number of aromatic nitrogens is 1. The minimum Gasteiger partial charge on any atom is -0.304 e. The van der Waals surface area contributed by atoms with Gasteiger partial charge in [0.2, 0.25) is 5.78 Å². The molecule has 1 heterocycles. The Hall–Kier alpha value is -1.23. The second-order valence-electron chi connectivity index (χ2n) is 2.36. The summed E-state index contributed by atoms with van der Waals surface area (Å²) < 4.78 is 0.605. The summed E-state index contributed by atoms with van der Waals surface area (Å²) in [4.78, 5) is 25.4. The van der Waals surface area contributed by atoms with Crippen molar-refractivity contribution in [1.29, 1.82) is 0 Å². The van der Waals surface area contributed by atoms with Gasteiger partial charge in [-0.05, 0) is 28.1 Å². The summed E-state index contributed by atoms with van der Waals surface area (Å²) in [6.45, 7) is 1.20. The lowest BCUT2D eigenvalue weighted by atomic mass is 10.4. The number of carbonyl (C=O) groups is 2. The van der Waals surface area contributed by atoms with E-state index in [-0.39, 0.29) is 0 Å². The Morgan fingerprint density at radius 1 is 1.46 bits per heavy atom. The lowest BCUT2D eigenvalue weighted by molar-refractivity contribution is -0.133. The highest BCUT2D eigenvalue weighted by Gasteiger charge is 2.07. The van der Waals surface area contributed by atoms with Gasteiger partial charge in [-0.15, -0.1) is 0 Å². The van der Waals surface area contributed by atoms with E-state index in [1.54, 1.807) is 18.2 Å². The number of nitrogens with zero attached hydrogens (tertiary/aromatic N) is 1. The highest BCUT2D eigenvalue weighted by molar-refractivity contribution is 9.10. The van der Waals surface area contributed by atoms with E-state index in [1.807, 2.05) is 0 Å². The van der Waals surface area contributed by atoms with Crippen LogP contribution in [-0.2, 0) is 9.59 Å². The molecular weight excluding hydrogens is 236 g/mol. The van der Waals surface area contributed by atoms with E-state index in [9.17, 15) is 9.59 Å². The van der Waals surface area contributed by atoms with Crippen molar-refractivity contribution in [3.8, 4) is 0 Å². The monoisotopic (exact) mass is 242 g/mol. The molecule has 1 amide bonds. The molecule has 0 aliphatic rings. The van der Waals surface area contributed by atoms with Gasteiger partial charge in [0.05, 0.1) is 0 Å². The fourth-order valence-electron chi connectivity index (χ4n) is 0.682. The molecule has 0 bridgehead atoms. The van der Waals surface area contributed by atoms with Crippen LogP contribution in [0.2, 0.25) is 0 Å². The summed E-state index contributed by atoms with van der Waals surface area (Å²) in [5, 5.41) is 2.35. The molecule has 1 rings (SSSR count). The number of hydrogen-bond acceptors (Lipinski definition) is 3. The standard InChI is InChI=1S/C8H7BrN2O2/c1-5(12)8(13)11-7-4-2-3-6(9)10-7/h2-4H,1H3,(H,10,11,13). The Morgan fingerprint density at radius 2 is 2.15 bits per heavy atom. The van der Waals surface area contributed by atoms with Crippen molar-refractivity contribution in [3.05, 3.63) is 22.8 Å². The summed E-state index contributed by atoms with van der Waals surface area (Å²) in [6.07, 6.45) is 0. The maximum atomic E-state index is 10.9. The fourth-order valence-corrected chi connectivity index (χ4v) is 1.03. The fraction of sp³-hybridized carbons (Fsp3) is 0.125. The minimum atomic E-state index is -0.661. The van der Waals surface area contributed by atoms with Gasteiger partial charge in [0.1, 0.15) is 10.4 Å².